The maximum atomic E-state index is 13.5. The van der Waals surface area contributed by atoms with Gasteiger partial charge in [0.05, 0.1) is 30.1 Å². The fourth-order valence-electron chi connectivity index (χ4n) is 6.91. The Morgan fingerprint density at radius 3 is 2.56 bits per heavy atom. The van der Waals surface area contributed by atoms with Gasteiger partial charge in [-0.05, 0) is 18.8 Å². The summed E-state index contributed by atoms with van der Waals surface area (Å²) >= 11 is 0. The molecule has 6 aliphatic rings. The largest absolute Gasteiger partial charge is 0.511 e. The zero-order valence-electron chi connectivity index (χ0n) is 16.0. The van der Waals surface area contributed by atoms with Gasteiger partial charge in [-0.15, -0.1) is 0 Å². The first-order chi connectivity index (χ1) is 12.7. The Morgan fingerprint density at radius 2 is 1.89 bits per heavy atom. The first-order valence-electron chi connectivity index (χ1n) is 9.80. The topological polar surface area (TPSA) is 102 Å². The van der Waals surface area contributed by atoms with Crippen molar-refractivity contribution in [3.05, 3.63) is 11.3 Å². The molecule has 2 N–H and O–H groups in total. The second-order valence-electron chi connectivity index (χ2n) is 9.17. The van der Waals surface area contributed by atoms with Gasteiger partial charge in [-0.2, -0.15) is 0 Å². The highest BCUT2D eigenvalue weighted by Crippen LogP contribution is 2.71. The molecule has 3 heterocycles. The molecule has 7 nitrogen and oxygen atoms in total. The lowest BCUT2D eigenvalue weighted by Crippen LogP contribution is -2.72. The number of ketones is 1. The quantitative estimate of drug-likeness (QED) is 0.660. The average Bonchev–Trinajstić information content (AvgIpc) is 2.94. The number of Topliss-reactive ketones (excluding diaryl/α,β-unsaturated/α-hetero) is 1. The van der Waals surface area contributed by atoms with E-state index in [1.54, 1.807) is 6.92 Å². The van der Waals surface area contributed by atoms with E-state index in [0.717, 1.165) is 0 Å². The van der Waals surface area contributed by atoms with Crippen molar-refractivity contribution < 1.29 is 34.0 Å². The number of esters is 1. The number of aliphatic hydroxyl groups excluding tert-OH is 2. The van der Waals surface area contributed by atoms with Crippen molar-refractivity contribution in [2.45, 2.75) is 63.1 Å². The zero-order chi connectivity index (χ0) is 19.5. The number of aliphatic hydroxyl groups is 2. The van der Waals surface area contributed by atoms with Crippen LogP contribution in [0, 0.1) is 29.6 Å². The monoisotopic (exact) mass is 378 g/mol. The van der Waals surface area contributed by atoms with E-state index in [0.29, 0.717) is 12.8 Å². The first kappa shape index (κ1) is 17.6. The van der Waals surface area contributed by atoms with Crippen molar-refractivity contribution >= 4 is 11.8 Å². The summed E-state index contributed by atoms with van der Waals surface area (Å²) in [5.74, 6) is -2.80. The van der Waals surface area contributed by atoms with Gasteiger partial charge in [0.1, 0.15) is 17.1 Å². The van der Waals surface area contributed by atoms with Crippen molar-refractivity contribution in [3.8, 4) is 0 Å². The summed E-state index contributed by atoms with van der Waals surface area (Å²) in [4.78, 5) is 26.5. The van der Waals surface area contributed by atoms with Gasteiger partial charge in [-0.3, -0.25) is 4.79 Å². The van der Waals surface area contributed by atoms with Crippen LogP contribution in [0.2, 0.25) is 0 Å². The molecule has 10 unspecified atom stereocenters. The third kappa shape index (κ3) is 1.67. The summed E-state index contributed by atoms with van der Waals surface area (Å²) < 4.78 is 18.1. The highest BCUT2D eigenvalue weighted by molar-refractivity contribution is 6.00. The Bertz CT molecular complexity index is 774. The summed E-state index contributed by atoms with van der Waals surface area (Å²) in [6.07, 6.45) is -1.14. The van der Waals surface area contributed by atoms with Gasteiger partial charge in [-0.1, -0.05) is 20.8 Å². The zero-order valence-corrected chi connectivity index (χ0v) is 16.0. The molecule has 0 amide bonds. The summed E-state index contributed by atoms with van der Waals surface area (Å²) in [6.45, 7) is 5.59. The fraction of sp³-hybridized carbons (Fsp3) is 0.800. The molecule has 0 radical (unpaired) electrons. The SMILES string of the molecule is COC1C2C(O)C3OC45C(=C(O)C(C)CC(C)C(=O)C14)C(=O)OC25CC3C. The predicted octanol–water partition coefficient (Wildman–Crippen LogP) is 1.14. The molecule has 148 valence electrons. The van der Waals surface area contributed by atoms with Gasteiger partial charge < -0.3 is 24.4 Å². The van der Waals surface area contributed by atoms with Gasteiger partial charge in [0.25, 0.3) is 0 Å². The number of fused-ring (bicyclic) bond motifs is 1. The van der Waals surface area contributed by atoms with Crippen LogP contribution in [0.3, 0.4) is 0 Å². The lowest BCUT2D eigenvalue weighted by atomic mass is 9.59. The molecule has 3 aliphatic carbocycles. The molecular formula is C20H26O7. The first-order valence-corrected chi connectivity index (χ1v) is 9.80. The number of hydrogen-bond donors (Lipinski definition) is 2. The highest BCUT2D eigenvalue weighted by atomic mass is 16.6. The number of allylic oxidation sites excluding steroid dienone is 1. The highest BCUT2D eigenvalue weighted by Gasteiger charge is 2.87. The van der Waals surface area contributed by atoms with Crippen LogP contribution in [0.15, 0.2) is 11.3 Å². The second-order valence-corrected chi connectivity index (χ2v) is 9.17. The molecule has 2 spiro atoms. The van der Waals surface area contributed by atoms with E-state index >= 15 is 0 Å². The van der Waals surface area contributed by atoms with Gasteiger partial charge in [0.2, 0.25) is 0 Å². The Kier molecular flexibility index (Phi) is 3.35. The lowest BCUT2D eigenvalue weighted by Gasteiger charge is -2.58. The molecule has 2 saturated carbocycles. The van der Waals surface area contributed by atoms with Crippen LogP contribution in [0.5, 0.6) is 0 Å². The van der Waals surface area contributed by atoms with E-state index in [1.165, 1.54) is 7.11 Å². The Hall–Kier alpha value is -1.44. The molecular weight excluding hydrogens is 352 g/mol. The van der Waals surface area contributed by atoms with Gasteiger partial charge in [0.15, 0.2) is 11.2 Å². The van der Waals surface area contributed by atoms with E-state index < -0.39 is 47.3 Å². The number of carbonyl (C=O) groups excluding carboxylic acids is 2. The van der Waals surface area contributed by atoms with Crippen LogP contribution in [0.25, 0.3) is 0 Å². The van der Waals surface area contributed by atoms with E-state index in [-0.39, 0.29) is 34.9 Å². The van der Waals surface area contributed by atoms with Crippen molar-refractivity contribution in [1.82, 2.24) is 0 Å². The molecule has 7 heteroatoms. The second kappa shape index (κ2) is 5.13. The Balaban J connectivity index is 1.86. The third-order valence-electron chi connectivity index (χ3n) is 7.84. The maximum Gasteiger partial charge on any atom is 0.341 e. The van der Waals surface area contributed by atoms with E-state index in [4.69, 9.17) is 14.2 Å². The van der Waals surface area contributed by atoms with Crippen LogP contribution in [-0.2, 0) is 23.8 Å². The number of methoxy groups -OCH3 is 1. The standard InChI is InChI=1S/C20H26O7/c1-7-5-8(2)14(22)12-18(24)27-19-6-9(3)16-15(23)10(19)17(25-4)11(13(7)21)20(12,19)26-16/h7-11,15-17,22-23H,5-6H2,1-4H3. The van der Waals surface area contributed by atoms with Crippen LogP contribution >= 0.6 is 0 Å². The summed E-state index contributed by atoms with van der Waals surface area (Å²) in [5.41, 5.74) is -2.48. The molecule has 3 saturated heterocycles. The molecule has 0 aromatic carbocycles. The summed E-state index contributed by atoms with van der Waals surface area (Å²) in [5, 5.41) is 22.0. The van der Waals surface area contributed by atoms with E-state index in [1.807, 2.05) is 13.8 Å². The average molecular weight is 378 g/mol. The Labute approximate surface area is 157 Å². The molecule has 6 rings (SSSR count). The van der Waals surface area contributed by atoms with Crippen LogP contribution in [-0.4, -0.2) is 58.6 Å². The molecule has 27 heavy (non-hydrogen) atoms. The molecule has 10 atom stereocenters. The number of rotatable bonds is 1. The minimum absolute atomic E-state index is 0.0391. The van der Waals surface area contributed by atoms with Crippen molar-refractivity contribution in [1.29, 1.82) is 0 Å². The van der Waals surface area contributed by atoms with Crippen molar-refractivity contribution in [2.24, 2.45) is 29.6 Å². The van der Waals surface area contributed by atoms with Gasteiger partial charge in [0, 0.05) is 18.9 Å². The summed E-state index contributed by atoms with van der Waals surface area (Å²) in [6, 6.07) is 0. The number of carbonyl (C=O) groups is 2. The Morgan fingerprint density at radius 1 is 1.19 bits per heavy atom. The minimum Gasteiger partial charge on any atom is -0.511 e. The van der Waals surface area contributed by atoms with Crippen LogP contribution < -0.4 is 0 Å². The van der Waals surface area contributed by atoms with Crippen LogP contribution in [0.1, 0.15) is 33.6 Å². The fourth-order valence-corrected chi connectivity index (χ4v) is 6.91. The van der Waals surface area contributed by atoms with Gasteiger partial charge >= 0.3 is 5.97 Å². The number of ether oxygens (including phenoxy) is 3. The molecule has 0 aromatic heterocycles. The smallest absolute Gasteiger partial charge is 0.341 e. The molecule has 3 aliphatic heterocycles. The van der Waals surface area contributed by atoms with E-state index in [9.17, 15) is 19.8 Å². The third-order valence-corrected chi connectivity index (χ3v) is 7.84. The van der Waals surface area contributed by atoms with E-state index in [2.05, 4.69) is 0 Å². The maximum absolute atomic E-state index is 13.5. The summed E-state index contributed by atoms with van der Waals surface area (Å²) in [7, 11) is 1.52. The lowest BCUT2D eigenvalue weighted by molar-refractivity contribution is -0.302. The predicted molar refractivity (Wildman–Crippen MR) is 91.6 cm³/mol. The molecule has 5 fully saturated rings. The normalized spacial score (nSPS) is 56.0. The molecule has 4 bridgehead atoms. The minimum atomic E-state index is -1.38. The van der Waals surface area contributed by atoms with Crippen LogP contribution in [0.4, 0.5) is 0 Å². The van der Waals surface area contributed by atoms with Crippen molar-refractivity contribution in [3.63, 3.8) is 0 Å². The molecule has 0 aromatic rings. The number of hydrogen-bond acceptors (Lipinski definition) is 7. The van der Waals surface area contributed by atoms with Crippen molar-refractivity contribution in [2.75, 3.05) is 7.11 Å². The van der Waals surface area contributed by atoms with Gasteiger partial charge in [-0.25, -0.2) is 4.79 Å².